The summed E-state index contributed by atoms with van der Waals surface area (Å²) >= 11 is 0. The maximum Gasteiger partial charge on any atom is 0.305 e. The molecule has 47 heavy (non-hydrogen) atoms. The third kappa shape index (κ3) is 42.4. The van der Waals surface area contributed by atoms with Gasteiger partial charge in [0.1, 0.15) is 6.61 Å². The molecule has 0 aliphatic rings. The SMILES string of the molecule is CNCCOCCOCCOCCOCCOCCOCCOCCOCCOCCOCCOCCOC(=O)CCCCC(=O)O. The van der Waals surface area contributed by atoms with Crippen LogP contribution in [0.1, 0.15) is 25.7 Å². The Hall–Kier alpha value is -1.54. The van der Waals surface area contributed by atoms with Crippen LogP contribution >= 0.6 is 0 Å². The largest absolute Gasteiger partial charge is 0.481 e. The van der Waals surface area contributed by atoms with Crippen LogP contribution in [0.25, 0.3) is 0 Å². The predicted molar refractivity (Wildman–Crippen MR) is 170 cm³/mol. The second-order valence-electron chi connectivity index (χ2n) is 9.66. The summed E-state index contributed by atoms with van der Waals surface area (Å²) in [7, 11) is 1.89. The van der Waals surface area contributed by atoms with Crippen molar-refractivity contribution in [1.82, 2.24) is 5.32 Å². The molecule has 0 atom stereocenters. The number of aliphatic carboxylic acids is 1. The van der Waals surface area contributed by atoms with E-state index in [0.717, 1.165) is 6.54 Å². The average molecular weight is 688 g/mol. The third-order valence-electron chi connectivity index (χ3n) is 5.73. The van der Waals surface area contributed by atoms with Crippen LogP contribution in [0.2, 0.25) is 0 Å². The highest BCUT2D eigenvalue weighted by molar-refractivity contribution is 5.69. The number of esters is 1. The van der Waals surface area contributed by atoms with Crippen molar-refractivity contribution in [2.45, 2.75) is 25.7 Å². The molecule has 0 rings (SSSR count). The molecule has 0 radical (unpaired) electrons. The molecule has 0 saturated heterocycles. The lowest BCUT2D eigenvalue weighted by atomic mass is 10.2. The van der Waals surface area contributed by atoms with Gasteiger partial charge in [-0.1, -0.05) is 0 Å². The lowest BCUT2D eigenvalue weighted by molar-refractivity contribution is -0.146. The number of hydrogen-bond donors (Lipinski definition) is 2. The fraction of sp³-hybridized carbons (Fsp3) is 0.935. The van der Waals surface area contributed by atoms with Crippen molar-refractivity contribution < 1.29 is 71.5 Å². The standard InChI is InChI=1S/C31H61NO15/c1-32-6-7-36-8-9-37-10-11-38-12-13-39-14-15-40-16-17-41-18-19-42-20-21-43-22-23-44-24-25-45-26-27-46-28-29-47-31(35)5-3-2-4-30(33)34/h32H,2-29H2,1H3,(H,33,34). The molecule has 0 fully saturated rings. The number of carboxylic acids is 1. The Balaban J connectivity index is 3.09. The maximum absolute atomic E-state index is 11.5. The van der Waals surface area contributed by atoms with Gasteiger partial charge < -0.3 is 67.3 Å². The molecule has 16 nitrogen and oxygen atoms in total. The van der Waals surface area contributed by atoms with Gasteiger partial charge in [0.25, 0.3) is 0 Å². The fourth-order valence-electron chi connectivity index (χ4n) is 3.31. The molecule has 0 aliphatic heterocycles. The Morgan fingerprint density at radius 3 is 0.936 bits per heavy atom. The van der Waals surface area contributed by atoms with Gasteiger partial charge >= 0.3 is 11.9 Å². The molecule has 0 amide bonds. The highest BCUT2D eigenvalue weighted by Gasteiger charge is 2.04. The molecule has 0 aromatic carbocycles. The number of nitrogens with one attached hydrogen (secondary N) is 1. The molecule has 0 aromatic heterocycles. The number of carbonyl (C=O) groups excluding carboxylic acids is 1. The van der Waals surface area contributed by atoms with Crippen molar-refractivity contribution in [1.29, 1.82) is 0 Å². The van der Waals surface area contributed by atoms with Crippen LogP contribution < -0.4 is 5.32 Å². The number of ether oxygens (including phenoxy) is 12. The predicted octanol–water partition coefficient (Wildman–Crippen LogP) is 0.577. The van der Waals surface area contributed by atoms with Gasteiger partial charge in [0, 0.05) is 19.4 Å². The zero-order valence-corrected chi connectivity index (χ0v) is 28.5. The summed E-state index contributed by atoms with van der Waals surface area (Å²) in [5.74, 6) is -1.21. The molecule has 2 N–H and O–H groups in total. The van der Waals surface area contributed by atoms with Gasteiger partial charge in [-0.25, -0.2) is 0 Å². The second kappa shape index (κ2) is 40.6. The van der Waals surface area contributed by atoms with Crippen LogP contribution in [0.4, 0.5) is 0 Å². The Bertz CT molecular complexity index is 648. The van der Waals surface area contributed by atoms with Crippen LogP contribution in [-0.4, -0.2) is 183 Å². The van der Waals surface area contributed by atoms with Crippen LogP contribution in [0.15, 0.2) is 0 Å². The Labute approximate surface area is 280 Å². The lowest BCUT2D eigenvalue weighted by Gasteiger charge is -2.09. The van der Waals surface area contributed by atoms with Crippen molar-refractivity contribution in [3.05, 3.63) is 0 Å². The zero-order chi connectivity index (χ0) is 34.1. The molecule has 0 heterocycles. The number of rotatable bonds is 41. The van der Waals surface area contributed by atoms with E-state index >= 15 is 0 Å². The number of unbranched alkanes of at least 4 members (excludes halogenated alkanes) is 1. The van der Waals surface area contributed by atoms with Crippen LogP contribution in [0.3, 0.4) is 0 Å². The summed E-state index contributed by atoms with van der Waals surface area (Å²) in [4.78, 5) is 21.9. The first-order valence-corrected chi connectivity index (χ1v) is 16.5. The van der Waals surface area contributed by atoms with Gasteiger partial charge in [-0.15, -0.1) is 0 Å². The molecular weight excluding hydrogens is 626 g/mol. The van der Waals surface area contributed by atoms with E-state index in [0.29, 0.717) is 152 Å². The zero-order valence-electron chi connectivity index (χ0n) is 28.5. The van der Waals surface area contributed by atoms with E-state index < -0.39 is 5.97 Å². The molecule has 0 bridgehead atoms. The molecule has 0 aliphatic carbocycles. The minimum absolute atomic E-state index is 0.0601. The summed E-state index contributed by atoms with van der Waals surface area (Å²) in [6, 6.07) is 0. The molecular formula is C31H61NO15. The van der Waals surface area contributed by atoms with Gasteiger partial charge in [0.2, 0.25) is 0 Å². The molecule has 0 aromatic rings. The van der Waals surface area contributed by atoms with Gasteiger partial charge in [-0.3, -0.25) is 9.59 Å². The normalized spacial score (nSPS) is 11.3. The van der Waals surface area contributed by atoms with Crippen molar-refractivity contribution >= 4 is 11.9 Å². The first-order valence-electron chi connectivity index (χ1n) is 16.5. The van der Waals surface area contributed by atoms with Gasteiger partial charge in [-0.2, -0.15) is 0 Å². The molecule has 0 saturated carbocycles. The van der Waals surface area contributed by atoms with E-state index in [4.69, 9.17) is 61.9 Å². The smallest absolute Gasteiger partial charge is 0.305 e. The maximum atomic E-state index is 11.5. The minimum atomic E-state index is -0.863. The lowest BCUT2D eigenvalue weighted by Crippen LogP contribution is -2.17. The summed E-state index contributed by atoms with van der Waals surface area (Å²) in [5, 5.41) is 11.6. The van der Waals surface area contributed by atoms with Gasteiger partial charge in [-0.05, 0) is 19.9 Å². The first-order chi connectivity index (χ1) is 23.2. The van der Waals surface area contributed by atoms with Crippen LogP contribution in [0, 0.1) is 0 Å². The van der Waals surface area contributed by atoms with Crippen molar-refractivity contribution in [2.24, 2.45) is 0 Å². The van der Waals surface area contributed by atoms with E-state index in [-0.39, 0.29) is 32.0 Å². The minimum Gasteiger partial charge on any atom is -0.481 e. The van der Waals surface area contributed by atoms with Gasteiger partial charge in [0.05, 0.1) is 145 Å². The van der Waals surface area contributed by atoms with E-state index in [1.807, 2.05) is 7.05 Å². The molecule has 0 unspecified atom stereocenters. The van der Waals surface area contributed by atoms with E-state index in [9.17, 15) is 9.59 Å². The summed E-state index contributed by atoms with van der Waals surface area (Å²) in [6.45, 7) is 11.8. The molecule has 0 spiro atoms. The summed E-state index contributed by atoms with van der Waals surface area (Å²) in [6.07, 6.45) is 1.24. The van der Waals surface area contributed by atoms with Crippen molar-refractivity contribution in [3.63, 3.8) is 0 Å². The monoisotopic (exact) mass is 687 g/mol. The highest BCUT2D eigenvalue weighted by atomic mass is 16.6. The molecule has 16 heteroatoms. The number of likely N-dealkylation sites (N-methyl/N-ethyl adjacent to an activating group) is 1. The Kier molecular flexibility index (Phi) is 39.3. The summed E-state index contributed by atoms with van der Waals surface area (Å²) in [5.41, 5.74) is 0. The van der Waals surface area contributed by atoms with E-state index in [1.54, 1.807) is 0 Å². The first kappa shape index (κ1) is 45.5. The van der Waals surface area contributed by atoms with Crippen LogP contribution in [0.5, 0.6) is 0 Å². The second-order valence-corrected chi connectivity index (χ2v) is 9.66. The van der Waals surface area contributed by atoms with E-state index in [2.05, 4.69) is 5.32 Å². The molecule has 280 valence electrons. The Morgan fingerprint density at radius 1 is 0.404 bits per heavy atom. The number of carbonyl (C=O) groups is 2. The number of carboxylic acid groups (broad SMARTS) is 1. The number of hydrogen-bond acceptors (Lipinski definition) is 15. The quantitative estimate of drug-likeness (QED) is 0.0673. The highest BCUT2D eigenvalue weighted by Crippen LogP contribution is 2.01. The summed E-state index contributed by atoms with van der Waals surface area (Å²) < 4.78 is 64.7. The topological polar surface area (TPSA) is 177 Å². The fourth-order valence-corrected chi connectivity index (χ4v) is 3.31. The van der Waals surface area contributed by atoms with E-state index in [1.165, 1.54) is 0 Å². The van der Waals surface area contributed by atoms with Gasteiger partial charge in [0.15, 0.2) is 0 Å². The Morgan fingerprint density at radius 2 is 0.660 bits per heavy atom. The average Bonchev–Trinajstić information content (AvgIpc) is 3.06. The van der Waals surface area contributed by atoms with Crippen LogP contribution in [-0.2, 0) is 66.4 Å². The van der Waals surface area contributed by atoms with Crippen molar-refractivity contribution in [3.8, 4) is 0 Å². The third-order valence-corrected chi connectivity index (χ3v) is 5.73. The van der Waals surface area contributed by atoms with Crippen molar-refractivity contribution in [2.75, 3.05) is 166 Å².